The maximum atomic E-state index is 12.8. The third kappa shape index (κ3) is 4.06. The summed E-state index contributed by atoms with van der Waals surface area (Å²) in [5.41, 5.74) is 1.06. The fourth-order valence-electron chi connectivity index (χ4n) is 3.22. The van der Waals surface area contributed by atoms with E-state index in [1.807, 2.05) is 30.3 Å². The van der Waals surface area contributed by atoms with Crippen molar-refractivity contribution in [1.29, 1.82) is 0 Å². The Balaban J connectivity index is 1.45. The number of rotatable bonds is 4. The highest BCUT2D eigenvalue weighted by atomic mass is 16.2. The SMILES string of the molecule is O=C1CN(C(=O)c2cnc(-c3cccnc3)[nH]c2=O)CCN1Cc1ccccc1. The van der Waals surface area contributed by atoms with Crippen molar-refractivity contribution in [3.8, 4) is 11.4 Å². The Labute approximate surface area is 166 Å². The van der Waals surface area contributed by atoms with E-state index in [-0.39, 0.29) is 18.0 Å². The van der Waals surface area contributed by atoms with Gasteiger partial charge in [0.25, 0.3) is 11.5 Å². The van der Waals surface area contributed by atoms with Crippen molar-refractivity contribution in [2.45, 2.75) is 6.54 Å². The van der Waals surface area contributed by atoms with Gasteiger partial charge in [-0.3, -0.25) is 19.4 Å². The number of H-pyrrole nitrogens is 1. The van der Waals surface area contributed by atoms with Crippen LogP contribution in [0.2, 0.25) is 0 Å². The normalized spacial score (nSPS) is 14.1. The lowest BCUT2D eigenvalue weighted by Gasteiger charge is -2.34. The first-order valence-corrected chi connectivity index (χ1v) is 9.22. The highest BCUT2D eigenvalue weighted by Gasteiger charge is 2.29. The first-order chi connectivity index (χ1) is 14.1. The molecule has 8 heteroatoms. The van der Waals surface area contributed by atoms with E-state index in [1.54, 1.807) is 29.4 Å². The van der Waals surface area contributed by atoms with Crippen LogP contribution in [-0.4, -0.2) is 56.2 Å². The number of carbonyl (C=O) groups is 2. The minimum atomic E-state index is -0.539. The predicted octanol–water partition coefficient (Wildman–Crippen LogP) is 1.32. The number of carbonyl (C=O) groups excluding carboxylic acids is 2. The molecule has 8 nitrogen and oxygen atoms in total. The van der Waals surface area contributed by atoms with Gasteiger partial charge < -0.3 is 14.8 Å². The van der Waals surface area contributed by atoms with Crippen LogP contribution in [-0.2, 0) is 11.3 Å². The molecule has 0 saturated carbocycles. The van der Waals surface area contributed by atoms with Crippen molar-refractivity contribution in [1.82, 2.24) is 24.8 Å². The van der Waals surface area contributed by atoms with Gasteiger partial charge in [-0.25, -0.2) is 4.98 Å². The molecule has 1 N–H and O–H groups in total. The largest absolute Gasteiger partial charge is 0.335 e. The van der Waals surface area contributed by atoms with Crippen LogP contribution in [0.4, 0.5) is 0 Å². The van der Waals surface area contributed by atoms with Gasteiger partial charge in [-0.15, -0.1) is 0 Å². The van der Waals surface area contributed by atoms with E-state index in [9.17, 15) is 14.4 Å². The minimum absolute atomic E-state index is 0.0601. The Morgan fingerprint density at radius 3 is 2.55 bits per heavy atom. The van der Waals surface area contributed by atoms with E-state index in [0.717, 1.165) is 5.56 Å². The molecule has 2 amide bonds. The molecule has 0 unspecified atom stereocenters. The monoisotopic (exact) mass is 389 g/mol. The number of nitrogens with zero attached hydrogens (tertiary/aromatic N) is 4. The Hall–Kier alpha value is -3.81. The summed E-state index contributed by atoms with van der Waals surface area (Å²) in [6.45, 7) is 1.22. The van der Waals surface area contributed by atoms with Crippen LogP contribution < -0.4 is 5.56 Å². The van der Waals surface area contributed by atoms with E-state index in [2.05, 4.69) is 15.0 Å². The summed E-state index contributed by atoms with van der Waals surface area (Å²) in [5, 5.41) is 0. The topological polar surface area (TPSA) is 99.3 Å². The van der Waals surface area contributed by atoms with Crippen molar-refractivity contribution in [2.75, 3.05) is 19.6 Å². The van der Waals surface area contributed by atoms with Gasteiger partial charge in [-0.1, -0.05) is 30.3 Å². The van der Waals surface area contributed by atoms with Gasteiger partial charge in [0.05, 0.1) is 0 Å². The van der Waals surface area contributed by atoms with Crippen LogP contribution in [0.1, 0.15) is 15.9 Å². The maximum Gasteiger partial charge on any atom is 0.264 e. The molecular formula is C21H19N5O3. The van der Waals surface area contributed by atoms with Crippen molar-refractivity contribution < 1.29 is 9.59 Å². The van der Waals surface area contributed by atoms with Gasteiger partial charge in [0.1, 0.15) is 17.9 Å². The van der Waals surface area contributed by atoms with Gasteiger partial charge in [-0.05, 0) is 17.7 Å². The second-order valence-corrected chi connectivity index (χ2v) is 6.74. The van der Waals surface area contributed by atoms with Gasteiger partial charge >= 0.3 is 0 Å². The van der Waals surface area contributed by atoms with Crippen LogP contribution in [0.15, 0.2) is 65.8 Å². The van der Waals surface area contributed by atoms with Crippen LogP contribution in [0.3, 0.4) is 0 Å². The molecule has 0 atom stereocenters. The lowest BCUT2D eigenvalue weighted by atomic mass is 10.2. The lowest BCUT2D eigenvalue weighted by molar-refractivity contribution is -0.135. The number of aromatic nitrogens is 3. The molecule has 1 aromatic carbocycles. The van der Waals surface area contributed by atoms with Crippen molar-refractivity contribution in [3.63, 3.8) is 0 Å². The first kappa shape index (κ1) is 18.5. The second kappa shape index (κ2) is 8.05. The summed E-state index contributed by atoms with van der Waals surface area (Å²) in [6.07, 6.45) is 4.45. The Morgan fingerprint density at radius 1 is 1.03 bits per heavy atom. The van der Waals surface area contributed by atoms with Crippen molar-refractivity contribution in [3.05, 3.63) is 82.5 Å². The maximum absolute atomic E-state index is 12.8. The number of hydrogen-bond acceptors (Lipinski definition) is 5. The molecule has 0 aliphatic carbocycles. The summed E-state index contributed by atoms with van der Waals surface area (Å²) < 4.78 is 0. The summed E-state index contributed by atoms with van der Waals surface area (Å²) in [4.78, 5) is 51.6. The average Bonchev–Trinajstić information content (AvgIpc) is 2.76. The quantitative estimate of drug-likeness (QED) is 0.725. The number of aromatic amines is 1. The summed E-state index contributed by atoms with van der Waals surface area (Å²) >= 11 is 0. The predicted molar refractivity (Wildman–Crippen MR) is 106 cm³/mol. The van der Waals surface area contributed by atoms with Crippen LogP contribution in [0.25, 0.3) is 11.4 Å². The molecule has 3 heterocycles. The molecule has 3 aromatic rings. The zero-order chi connectivity index (χ0) is 20.2. The molecule has 0 radical (unpaired) electrons. The molecular weight excluding hydrogens is 370 g/mol. The van der Waals surface area contributed by atoms with E-state index in [4.69, 9.17) is 0 Å². The minimum Gasteiger partial charge on any atom is -0.335 e. The van der Waals surface area contributed by atoms with Crippen LogP contribution in [0.5, 0.6) is 0 Å². The Bertz CT molecular complexity index is 1080. The molecule has 0 bridgehead atoms. The van der Waals surface area contributed by atoms with E-state index in [0.29, 0.717) is 31.0 Å². The van der Waals surface area contributed by atoms with Crippen LogP contribution >= 0.6 is 0 Å². The number of amides is 2. The van der Waals surface area contributed by atoms with Crippen molar-refractivity contribution in [2.24, 2.45) is 0 Å². The van der Waals surface area contributed by atoms with E-state index >= 15 is 0 Å². The van der Waals surface area contributed by atoms with Gasteiger partial charge in [-0.2, -0.15) is 0 Å². The zero-order valence-electron chi connectivity index (χ0n) is 15.6. The van der Waals surface area contributed by atoms with Gasteiger partial charge in [0.15, 0.2) is 0 Å². The molecule has 146 valence electrons. The zero-order valence-corrected chi connectivity index (χ0v) is 15.6. The van der Waals surface area contributed by atoms with Gasteiger partial charge in [0.2, 0.25) is 5.91 Å². The van der Waals surface area contributed by atoms with E-state index in [1.165, 1.54) is 11.1 Å². The fraction of sp³-hybridized carbons (Fsp3) is 0.190. The smallest absolute Gasteiger partial charge is 0.264 e. The molecule has 29 heavy (non-hydrogen) atoms. The number of benzene rings is 1. The fourth-order valence-corrected chi connectivity index (χ4v) is 3.22. The highest BCUT2D eigenvalue weighted by molar-refractivity contribution is 5.96. The highest BCUT2D eigenvalue weighted by Crippen LogP contribution is 2.13. The first-order valence-electron chi connectivity index (χ1n) is 9.22. The molecule has 1 aliphatic heterocycles. The average molecular weight is 389 g/mol. The third-order valence-corrected chi connectivity index (χ3v) is 4.79. The molecule has 1 fully saturated rings. The summed E-state index contributed by atoms with van der Waals surface area (Å²) in [6, 6.07) is 13.2. The molecule has 4 rings (SSSR count). The Kier molecular flexibility index (Phi) is 5.15. The number of hydrogen-bond donors (Lipinski definition) is 1. The van der Waals surface area contributed by atoms with Gasteiger partial charge in [0, 0.05) is 43.8 Å². The number of piperazine rings is 1. The summed E-state index contributed by atoms with van der Waals surface area (Å²) in [7, 11) is 0. The molecule has 1 aliphatic rings. The van der Waals surface area contributed by atoms with Crippen LogP contribution in [0, 0.1) is 0 Å². The lowest BCUT2D eigenvalue weighted by Crippen LogP contribution is -2.52. The Morgan fingerprint density at radius 2 is 1.86 bits per heavy atom. The number of pyridine rings is 1. The third-order valence-electron chi connectivity index (χ3n) is 4.79. The molecule has 1 saturated heterocycles. The second-order valence-electron chi connectivity index (χ2n) is 6.74. The van der Waals surface area contributed by atoms with E-state index < -0.39 is 11.5 Å². The number of nitrogens with one attached hydrogen (secondary N) is 1. The molecule has 2 aromatic heterocycles. The molecule has 0 spiro atoms. The summed E-state index contributed by atoms with van der Waals surface area (Å²) in [5.74, 6) is -0.308. The van der Waals surface area contributed by atoms with Crippen molar-refractivity contribution >= 4 is 11.8 Å². The standard InChI is InChI=1S/C21H19N5O3/c27-18-14-26(10-9-25(18)13-15-5-2-1-3-6-15)21(29)17-12-23-19(24-20(17)28)16-7-4-8-22-11-16/h1-8,11-12H,9-10,13-14H2,(H,23,24,28).